The van der Waals surface area contributed by atoms with Crippen LogP contribution in [0.25, 0.3) is 10.9 Å². The van der Waals surface area contributed by atoms with Gasteiger partial charge in [0.1, 0.15) is 12.4 Å². The molecule has 5 nitrogen and oxygen atoms in total. The average Bonchev–Trinajstić information content (AvgIpc) is 3.50. The fourth-order valence-electron chi connectivity index (χ4n) is 4.53. The van der Waals surface area contributed by atoms with Gasteiger partial charge in [-0.15, -0.1) is 0 Å². The van der Waals surface area contributed by atoms with Gasteiger partial charge in [0.25, 0.3) is 0 Å². The normalized spacial score (nSPS) is 16.2. The van der Waals surface area contributed by atoms with Crippen LogP contribution in [0.2, 0.25) is 0 Å². The number of carbonyl (C=O) groups is 2. The van der Waals surface area contributed by atoms with Gasteiger partial charge in [0.15, 0.2) is 11.6 Å². The highest BCUT2D eigenvalue weighted by Crippen LogP contribution is 2.29. The number of H-pyrrole nitrogens is 1. The summed E-state index contributed by atoms with van der Waals surface area (Å²) in [6.07, 6.45) is 3.45. The molecule has 0 aliphatic carbocycles. The van der Waals surface area contributed by atoms with Crippen molar-refractivity contribution in [3.63, 3.8) is 0 Å². The van der Waals surface area contributed by atoms with E-state index in [4.69, 9.17) is 4.74 Å². The maximum atomic E-state index is 13.5. The lowest BCUT2D eigenvalue weighted by molar-refractivity contribution is 0.0824. The second-order valence-electron chi connectivity index (χ2n) is 8.47. The van der Waals surface area contributed by atoms with Crippen molar-refractivity contribution in [1.29, 1.82) is 0 Å². The van der Waals surface area contributed by atoms with Crippen molar-refractivity contribution in [2.45, 2.75) is 25.5 Å². The first-order valence-corrected chi connectivity index (χ1v) is 11.3. The van der Waals surface area contributed by atoms with Crippen molar-refractivity contribution in [3.8, 4) is 5.75 Å². The lowest BCUT2D eigenvalue weighted by Gasteiger charge is -2.22. The van der Waals surface area contributed by atoms with E-state index in [-0.39, 0.29) is 24.2 Å². The van der Waals surface area contributed by atoms with Gasteiger partial charge in [-0.05, 0) is 43.1 Å². The van der Waals surface area contributed by atoms with Gasteiger partial charge < -0.3 is 9.72 Å². The molecule has 0 spiro atoms. The molecule has 0 radical (unpaired) electrons. The molecular formula is C28H26N2O3. The number of carbonyl (C=O) groups excluding carboxylic acids is 2. The number of rotatable bonds is 8. The molecule has 1 aliphatic heterocycles. The summed E-state index contributed by atoms with van der Waals surface area (Å²) in [5.74, 6) is 0.827. The first kappa shape index (κ1) is 21.2. The maximum absolute atomic E-state index is 13.5. The Kier molecular flexibility index (Phi) is 6.05. The van der Waals surface area contributed by atoms with E-state index in [1.54, 1.807) is 6.20 Å². The first-order chi connectivity index (χ1) is 16.2. The van der Waals surface area contributed by atoms with Crippen LogP contribution in [0.4, 0.5) is 0 Å². The minimum absolute atomic E-state index is 0.0471. The second-order valence-corrected chi connectivity index (χ2v) is 8.47. The highest BCUT2D eigenvalue weighted by atomic mass is 16.5. The van der Waals surface area contributed by atoms with Crippen LogP contribution in [-0.2, 0) is 6.61 Å². The zero-order chi connectivity index (χ0) is 22.6. The Morgan fingerprint density at radius 2 is 1.73 bits per heavy atom. The van der Waals surface area contributed by atoms with Crippen LogP contribution in [0.3, 0.4) is 0 Å². The zero-order valence-electron chi connectivity index (χ0n) is 18.4. The molecule has 4 aromatic rings. The third kappa shape index (κ3) is 4.59. The second kappa shape index (κ2) is 9.43. The molecule has 1 aromatic heterocycles. The number of hydrogen-bond donors (Lipinski definition) is 1. The van der Waals surface area contributed by atoms with Crippen molar-refractivity contribution in [1.82, 2.24) is 9.88 Å². The topological polar surface area (TPSA) is 62.4 Å². The van der Waals surface area contributed by atoms with Crippen LogP contribution in [0, 0.1) is 0 Å². The van der Waals surface area contributed by atoms with Crippen LogP contribution in [0.15, 0.2) is 85.1 Å². The molecule has 1 saturated heterocycles. The number of nitrogens with one attached hydrogen (secondary N) is 1. The third-order valence-corrected chi connectivity index (χ3v) is 6.28. The predicted molar refractivity (Wildman–Crippen MR) is 129 cm³/mol. The van der Waals surface area contributed by atoms with E-state index in [9.17, 15) is 9.59 Å². The van der Waals surface area contributed by atoms with E-state index in [1.165, 1.54) is 0 Å². The van der Waals surface area contributed by atoms with Crippen LogP contribution in [0.5, 0.6) is 5.75 Å². The highest BCUT2D eigenvalue weighted by Gasteiger charge is 2.33. The Labute approximate surface area is 193 Å². The van der Waals surface area contributed by atoms with E-state index in [1.807, 2.05) is 83.8 Å². The molecule has 166 valence electrons. The Morgan fingerprint density at radius 3 is 2.52 bits per heavy atom. The molecule has 0 unspecified atom stereocenters. The van der Waals surface area contributed by atoms with Crippen molar-refractivity contribution >= 4 is 22.5 Å². The number of fused-ring (bicyclic) bond motifs is 1. The summed E-state index contributed by atoms with van der Waals surface area (Å²) >= 11 is 0. The number of likely N-dealkylation sites (tertiary alicyclic amines) is 1. The summed E-state index contributed by atoms with van der Waals surface area (Å²) < 4.78 is 5.97. The molecule has 3 aromatic carbocycles. The molecule has 1 N–H and O–H groups in total. The number of hydrogen-bond acceptors (Lipinski definition) is 4. The number of benzene rings is 3. The summed E-state index contributed by atoms with van der Waals surface area (Å²) in [6.45, 7) is 1.48. The van der Waals surface area contributed by atoms with E-state index in [2.05, 4.69) is 4.98 Å². The molecule has 1 aliphatic rings. The van der Waals surface area contributed by atoms with Gasteiger partial charge in [-0.3, -0.25) is 14.5 Å². The number of nitrogens with zero attached hydrogens (tertiary/aromatic N) is 1. The van der Waals surface area contributed by atoms with Crippen molar-refractivity contribution in [3.05, 3.63) is 102 Å². The Morgan fingerprint density at radius 1 is 0.970 bits per heavy atom. The molecule has 1 atom stereocenters. The molecule has 0 saturated carbocycles. The van der Waals surface area contributed by atoms with Crippen LogP contribution < -0.4 is 4.74 Å². The summed E-state index contributed by atoms with van der Waals surface area (Å²) in [6, 6.07) is 24.8. The fourth-order valence-corrected chi connectivity index (χ4v) is 4.53. The third-order valence-electron chi connectivity index (χ3n) is 6.28. The van der Waals surface area contributed by atoms with E-state index >= 15 is 0 Å². The summed E-state index contributed by atoms with van der Waals surface area (Å²) in [4.78, 5) is 31.5. The van der Waals surface area contributed by atoms with Crippen LogP contribution in [0.1, 0.15) is 39.1 Å². The van der Waals surface area contributed by atoms with Gasteiger partial charge in [-0.2, -0.15) is 0 Å². The molecule has 33 heavy (non-hydrogen) atoms. The number of Topliss-reactive ketones (excluding diaryl/α,β-unsaturated/α-hetero) is 2. The van der Waals surface area contributed by atoms with Gasteiger partial charge in [0, 0.05) is 28.2 Å². The lowest BCUT2D eigenvalue weighted by atomic mass is 10.0. The van der Waals surface area contributed by atoms with Gasteiger partial charge in [-0.25, -0.2) is 0 Å². The first-order valence-electron chi connectivity index (χ1n) is 11.3. The lowest BCUT2D eigenvalue weighted by Crippen LogP contribution is -2.39. The molecular weight excluding hydrogens is 412 g/mol. The standard InChI is InChI=1S/C28H26N2O3/c31-27(21-10-5-2-6-11-21)18-30-15-7-12-26(30)28(32)24-17-29-25-14-13-22(16-23(24)25)33-19-20-8-3-1-4-9-20/h1-6,8-11,13-14,16-17,26,29H,7,12,15,18-19H2/t26-/m1/s1. The number of ketones is 2. The SMILES string of the molecule is O=C(CN1CCC[C@@H]1C(=O)c1c[nH]c2ccc(OCc3ccccc3)cc12)c1ccccc1. The van der Waals surface area contributed by atoms with Gasteiger partial charge in [0.2, 0.25) is 0 Å². The largest absolute Gasteiger partial charge is 0.489 e. The minimum Gasteiger partial charge on any atom is -0.489 e. The number of ether oxygens (including phenoxy) is 1. The number of aromatic amines is 1. The monoisotopic (exact) mass is 438 g/mol. The summed E-state index contributed by atoms with van der Waals surface area (Å²) in [7, 11) is 0. The summed E-state index contributed by atoms with van der Waals surface area (Å²) in [5, 5.41) is 0.854. The van der Waals surface area contributed by atoms with E-state index in [0.29, 0.717) is 17.7 Å². The maximum Gasteiger partial charge on any atom is 0.182 e. The highest BCUT2D eigenvalue weighted by molar-refractivity contribution is 6.11. The van der Waals surface area contributed by atoms with Crippen LogP contribution >= 0.6 is 0 Å². The Hall–Kier alpha value is -3.70. The quantitative estimate of drug-likeness (QED) is 0.380. The van der Waals surface area contributed by atoms with Gasteiger partial charge >= 0.3 is 0 Å². The fraction of sp³-hybridized carbons (Fsp3) is 0.214. The Balaban J connectivity index is 1.33. The zero-order valence-corrected chi connectivity index (χ0v) is 18.4. The van der Waals surface area contributed by atoms with E-state index in [0.717, 1.165) is 41.6 Å². The van der Waals surface area contributed by atoms with Crippen molar-refractivity contribution in [2.24, 2.45) is 0 Å². The van der Waals surface area contributed by atoms with Crippen molar-refractivity contribution in [2.75, 3.05) is 13.1 Å². The van der Waals surface area contributed by atoms with Crippen molar-refractivity contribution < 1.29 is 14.3 Å². The Bertz CT molecular complexity index is 1260. The molecule has 0 amide bonds. The van der Waals surface area contributed by atoms with E-state index < -0.39 is 0 Å². The number of aromatic nitrogens is 1. The molecule has 1 fully saturated rings. The molecule has 5 heteroatoms. The van der Waals surface area contributed by atoms with Gasteiger partial charge in [0.05, 0.1) is 12.6 Å². The van der Waals surface area contributed by atoms with Gasteiger partial charge in [-0.1, -0.05) is 60.7 Å². The summed E-state index contributed by atoms with van der Waals surface area (Å²) in [5.41, 5.74) is 3.32. The molecule has 2 heterocycles. The molecule has 5 rings (SSSR count). The molecule has 0 bridgehead atoms. The predicted octanol–water partition coefficient (Wildman–Crippen LogP) is 5.28. The van der Waals surface area contributed by atoms with Crippen LogP contribution in [-0.4, -0.2) is 40.6 Å². The minimum atomic E-state index is -0.287. The average molecular weight is 439 g/mol. The smallest absolute Gasteiger partial charge is 0.182 e.